The molecule has 0 aliphatic rings. The van der Waals surface area contributed by atoms with E-state index in [4.69, 9.17) is 0 Å². The van der Waals surface area contributed by atoms with Gasteiger partial charge in [0.05, 0.1) is 5.52 Å². The molecule has 0 saturated carbocycles. The summed E-state index contributed by atoms with van der Waals surface area (Å²) in [7, 11) is 0. The number of aromatic nitrogens is 2. The molecule has 0 bridgehead atoms. The van der Waals surface area contributed by atoms with Gasteiger partial charge >= 0.3 is 0 Å². The van der Waals surface area contributed by atoms with Gasteiger partial charge < -0.3 is 10.1 Å². The molecule has 3 aromatic rings. The Morgan fingerprint density at radius 2 is 2.12 bits per heavy atom. The van der Waals surface area contributed by atoms with Gasteiger partial charge in [0.15, 0.2) is 5.69 Å². The van der Waals surface area contributed by atoms with Crippen molar-refractivity contribution >= 4 is 33.1 Å². The molecule has 3 rings (SSSR count). The summed E-state index contributed by atoms with van der Waals surface area (Å²) in [6.07, 6.45) is 1.66. The van der Waals surface area contributed by atoms with E-state index in [1.165, 1.54) is 11.3 Å². The van der Waals surface area contributed by atoms with Gasteiger partial charge in [-0.3, -0.25) is 0 Å². The summed E-state index contributed by atoms with van der Waals surface area (Å²) in [6, 6.07) is 7.53. The van der Waals surface area contributed by atoms with Crippen molar-refractivity contribution in [3.63, 3.8) is 0 Å². The molecule has 0 aliphatic heterocycles. The second-order valence-corrected chi connectivity index (χ2v) is 4.26. The molecule has 0 radical (unpaired) electrons. The van der Waals surface area contributed by atoms with Gasteiger partial charge in [0.2, 0.25) is 11.0 Å². The first kappa shape index (κ1) is 9.98. The Balaban J connectivity index is 2.08. The van der Waals surface area contributed by atoms with Crippen LogP contribution in [0, 0.1) is 0 Å². The summed E-state index contributed by atoms with van der Waals surface area (Å²) in [5.74, 6) is 0.0199. The zero-order valence-electron chi connectivity index (χ0n) is 8.66. The minimum absolute atomic E-state index is 0.0199. The maximum Gasteiger partial charge on any atom is 0.229 e. The van der Waals surface area contributed by atoms with E-state index in [-0.39, 0.29) is 5.88 Å². The first-order valence-electron chi connectivity index (χ1n) is 4.95. The molecular formula is C11H8N4OS. The second kappa shape index (κ2) is 3.99. The maximum atomic E-state index is 9.74. The van der Waals surface area contributed by atoms with Crippen LogP contribution in [0.2, 0.25) is 0 Å². The predicted octanol–water partition coefficient (Wildman–Crippen LogP) is 3.75. The first-order chi connectivity index (χ1) is 8.34. The fourth-order valence-corrected chi connectivity index (χ4v) is 2.03. The van der Waals surface area contributed by atoms with Crippen molar-refractivity contribution in [3.05, 3.63) is 35.8 Å². The average Bonchev–Trinajstić information content (AvgIpc) is 2.93. The molecule has 2 N–H and O–H groups in total. The predicted molar refractivity (Wildman–Crippen MR) is 66.3 cm³/mol. The van der Waals surface area contributed by atoms with E-state index in [1.807, 2.05) is 29.6 Å². The van der Waals surface area contributed by atoms with E-state index >= 15 is 0 Å². The Bertz CT molecular complexity index is 672. The second-order valence-electron chi connectivity index (χ2n) is 3.38. The Morgan fingerprint density at radius 3 is 2.94 bits per heavy atom. The minimum atomic E-state index is 0.0199. The molecular weight excluding hydrogens is 236 g/mol. The topological polar surface area (TPSA) is 73.6 Å². The number of rotatable bonds is 2. The first-order valence-corrected chi connectivity index (χ1v) is 5.83. The van der Waals surface area contributed by atoms with Gasteiger partial charge in [-0.2, -0.15) is 0 Å². The van der Waals surface area contributed by atoms with Crippen LogP contribution in [0.15, 0.2) is 46.1 Å². The van der Waals surface area contributed by atoms with Gasteiger partial charge in [-0.15, -0.1) is 21.6 Å². The zero-order valence-corrected chi connectivity index (χ0v) is 9.48. The molecule has 0 saturated heterocycles. The number of nitrogens with zero attached hydrogens (tertiary/aromatic N) is 3. The maximum absolute atomic E-state index is 9.74. The molecule has 0 aliphatic carbocycles. The van der Waals surface area contributed by atoms with E-state index in [1.54, 1.807) is 6.20 Å². The molecule has 0 amide bonds. The number of aromatic hydroxyl groups is 1. The van der Waals surface area contributed by atoms with Crippen molar-refractivity contribution in [2.24, 2.45) is 10.2 Å². The van der Waals surface area contributed by atoms with E-state index in [2.05, 4.69) is 20.2 Å². The van der Waals surface area contributed by atoms with Crippen LogP contribution in [-0.4, -0.2) is 15.1 Å². The molecule has 0 spiro atoms. The molecule has 0 fully saturated rings. The number of H-pyrrole nitrogens is 1. The van der Waals surface area contributed by atoms with E-state index in [9.17, 15) is 5.11 Å². The molecule has 2 aromatic heterocycles. The molecule has 5 nitrogen and oxygen atoms in total. The van der Waals surface area contributed by atoms with Crippen molar-refractivity contribution in [1.29, 1.82) is 0 Å². The smallest absolute Gasteiger partial charge is 0.229 e. The number of hydrogen-bond acceptors (Lipinski definition) is 5. The fraction of sp³-hybridized carbons (Fsp3) is 0. The van der Waals surface area contributed by atoms with Crippen molar-refractivity contribution in [2.75, 3.05) is 0 Å². The lowest BCUT2D eigenvalue weighted by atomic mass is 10.2. The number of thiazole rings is 1. The number of fused-ring (bicyclic) bond motifs is 1. The summed E-state index contributed by atoms with van der Waals surface area (Å²) in [5, 5.41) is 21.0. The summed E-state index contributed by atoms with van der Waals surface area (Å²) < 4.78 is 0. The monoisotopic (exact) mass is 244 g/mol. The highest BCUT2D eigenvalue weighted by Gasteiger charge is 2.09. The van der Waals surface area contributed by atoms with Crippen LogP contribution in [-0.2, 0) is 0 Å². The van der Waals surface area contributed by atoms with Gasteiger partial charge in [-0.05, 0) is 6.07 Å². The number of para-hydroxylation sites is 1. The lowest BCUT2D eigenvalue weighted by molar-refractivity contribution is 0.459. The number of hydrogen-bond donors (Lipinski definition) is 2. The molecule has 2 heterocycles. The van der Waals surface area contributed by atoms with E-state index in [0.717, 1.165) is 10.9 Å². The summed E-state index contributed by atoms with van der Waals surface area (Å²) in [6.45, 7) is 0. The van der Waals surface area contributed by atoms with Crippen LogP contribution in [0.5, 0.6) is 5.88 Å². The molecule has 84 valence electrons. The summed E-state index contributed by atoms with van der Waals surface area (Å²) >= 11 is 1.39. The molecule has 0 atom stereocenters. The summed E-state index contributed by atoms with van der Waals surface area (Å²) in [5.41, 5.74) is 1.27. The van der Waals surface area contributed by atoms with Gasteiger partial charge in [-0.25, -0.2) is 4.98 Å². The van der Waals surface area contributed by atoms with Crippen LogP contribution in [0.25, 0.3) is 10.9 Å². The van der Waals surface area contributed by atoms with Crippen molar-refractivity contribution < 1.29 is 5.11 Å². The third-order valence-corrected chi connectivity index (χ3v) is 2.97. The van der Waals surface area contributed by atoms with E-state index in [0.29, 0.717) is 10.8 Å². The van der Waals surface area contributed by atoms with Crippen LogP contribution in [0.1, 0.15) is 0 Å². The molecule has 0 unspecified atom stereocenters. The number of azo groups is 1. The zero-order chi connectivity index (χ0) is 11.7. The lowest BCUT2D eigenvalue weighted by Crippen LogP contribution is -1.63. The van der Waals surface area contributed by atoms with Crippen molar-refractivity contribution in [3.8, 4) is 5.88 Å². The van der Waals surface area contributed by atoms with Gasteiger partial charge in [0.1, 0.15) is 0 Å². The fourth-order valence-electron chi connectivity index (χ4n) is 1.57. The highest BCUT2D eigenvalue weighted by molar-refractivity contribution is 7.13. The Morgan fingerprint density at radius 1 is 1.24 bits per heavy atom. The largest absolute Gasteiger partial charge is 0.493 e. The summed E-state index contributed by atoms with van der Waals surface area (Å²) in [4.78, 5) is 6.83. The normalized spacial score (nSPS) is 11.5. The highest BCUT2D eigenvalue weighted by atomic mass is 32.1. The highest BCUT2D eigenvalue weighted by Crippen LogP contribution is 2.36. The SMILES string of the molecule is Oc1[nH]c2ccccc2c1N=Nc1nccs1. The number of aromatic amines is 1. The van der Waals surface area contributed by atoms with Crippen LogP contribution >= 0.6 is 11.3 Å². The lowest BCUT2D eigenvalue weighted by Gasteiger charge is -1.89. The quantitative estimate of drug-likeness (QED) is 0.674. The standard InChI is InChI=1S/C11H8N4OS/c16-10-9(14-15-11-12-5-6-17-11)7-3-1-2-4-8(7)13-10/h1-6,13,16H. The van der Waals surface area contributed by atoms with Crippen LogP contribution in [0.4, 0.5) is 10.8 Å². The Hall–Kier alpha value is -2.21. The Kier molecular flexibility index (Phi) is 2.34. The van der Waals surface area contributed by atoms with Crippen molar-refractivity contribution in [1.82, 2.24) is 9.97 Å². The molecule has 17 heavy (non-hydrogen) atoms. The Labute approximate surface area is 100 Å². The number of benzene rings is 1. The average molecular weight is 244 g/mol. The van der Waals surface area contributed by atoms with Crippen LogP contribution < -0.4 is 0 Å². The van der Waals surface area contributed by atoms with E-state index < -0.39 is 0 Å². The number of nitrogens with one attached hydrogen (secondary N) is 1. The van der Waals surface area contributed by atoms with Crippen LogP contribution in [0.3, 0.4) is 0 Å². The van der Waals surface area contributed by atoms with Gasteiger partial charge in [-0.1, -0.05) is 18.2 Å². The van der Waals surface area contributed by atoms with Gasteiger partial charge in [0.25, 0.3) is 0 Å². The molecule has 1 aromatic carbocycles. The molecule has 6 heteroatoms. The minimum Gasteiger partial charge on any atom is -0.493 e. The van der Waals surface area contributed by atoms with Crippen molar-refractivity contribution in [2.45, 2.75) is 0 Å². The third-order valence-electron chi connectivity index (χ3n) is 2.31. The third kappa shape index (κ3) is 1.78. The van der Waals surface area contributed by atoms with Gasteiger partial charge in [0, 0.05) is 17.0 Å².